The minimum atomic E-state index is -3.75. The van der Waals surface area contributed by atoms with Gasteiger partial charge in [-0.15, -0.1) is 0 Å². The van der Waals surface area contributed by atoms with E-state index in [4.69, 9.17) is 0 Å². The standard InChI is InChI=1S/C25H28FN3O2S/c1-28(2)23-11-7-20(8-12-23)25(29-16-15-19-5-3-4-6-21(19)18-29)17-27-32(30,31)24-13-9-22(26)10-14-24/h3-14,25,27H,15-18H2,1-2H3. The summed E-state index contributed by atoms with van der Waals surface area (Å²) in [6.07, 6.45) is 0.924. The predicted molar refractivity (Wildman–Crippen MR) is 126 cm³/mol. The molecule has 1 N–H and O–H groups in total. The van der Waals surface area contributed by atoms with E-state index in [0.717, 1.165) is 42.9 Å². The van der Waals surface area contributed by atoms with E-state index in [2.05, 4.69) is 52.1 Å². The van der Waals surface area contributed by atoms with Crippen LogP contribution in [0.2, 0.25) is 0 Å². The van der Waals surface area contributed by atoms with E-state index in [0.29, 0.717) is 0 Å². The van der Waals surface area contributed by atoms with Crippen molar-refractivity contribution in [2.24, 2.45) is 0 Å². The lowest BCUT2D eigenvalue weighted by Crippen LogP contribution is -2.40. The summed E-state index contributed by atoms with van der Waals surface area (Å²) in [6.45, 7) is 1.83. The van der Waals surface area contributed by atoms with Crippen molar-refractivity contribution in [2.45, 2.75) is 23.9 Å². The minimum absolute atomic E-state index is 0.0598. The minimum Gasteiger partial charge on any atom is -0.378 e. The maximum atomic E-state index is 13.2. The molecule has 1 unspecified atom stereocenters. The highest BCUT2D eigenvalue weighted by Gasteiger charge is 2.26. The largest absolute Gasteiger partial charge is 0.378 e. The third-order valence-electron chi connectivity index (χ3n) is 5.99. The second-order valence-corrected chi connectivity index (χ2v) is 10.1. The van der Waals surface area contributed by atoms with Gasteiger partial charge in [0, 0.05) is 45.5 Å². The van der Waals surface area contributed by atoms with Gasteiger partial charge in [-0.05, 0) is 59.5 Å². The van der Waals surface area contributed by atoms with E-state index < -0.39 is 15.8 Å². The maximum Gasteiger partial charge on any atom is 0.240 e. The molecule has 1 atom stereocenters. The molecule has 5 nitrogen and oxygen atoms in total. The van der Waals surface area contributed by atoms with Gasteiger partial charge in [0.15, 0.2) is 0 Å². The molecule has 0 radical (unpaired) electrons. The number of fused-ring (bicyclic) bond motifs is 1. The van der Waals surface area contributed by atoms with Crippen molar-refractivity contribution < 1.29 is 12.8 Å². The van der Waals surface area contributed by atoms with Gasteiger partial charge in [0.2, 0.25) is 10.0 Å². The molecule has 1 heterocycles. The molecule has 1 aliphatic heterocycles. The summed E-state index contributed by atoms with van der Waals surface area (Å²) in [5.41, 5.74) is 4.76. The molecule has 3 aromatic carbocycles. The van der Waals surface area contributed by atoms with E-state index in [1.54, 1.807) is 0 Å². The van der Waals surface area contributed by atoms with E-state index in [9.17, 15) is 12.8 Å². The average Bonchev–Trinajstić information content (AvgIpc) is 2.79. The van der Waals surface area contributed by atoms with Gasteiger partial charge in [0.05, 0.1) is 4.90 Å². The van der Waals surface area contributed by atoms with Crippen LogP contribution in [0.3, 0.4) is 0 Å². The SMILES string of the molecule is CN(C)c1ccc(C(CNS(=O)(=O)c2ccc(F)cc2)N2CCc3ccccc3C2)cc1. The monoisotopic (exact) mass is 453 g/mol. The number of nitrogens with zero attached hydrogens (tertiary/aromatic N) is 2. The third-order valence-corrected chi connectivity index (χ3v) is 7.43. The second-order valence-electron chi connectivity index (χ2n) is 8.30. The molecule has 3 aromatic rings. The number of hydrogen-bond donors (Lipinski definition) is 1. The van der Waals surface area contributed by atoms with Crippen LogP contribution in [0.4, 0.5) is 10.1 Å². The van der Waals surface area contributed by atoms with Gasteiger partial charge >= 0.3 is 0 Å². The van der Waals surface area contributed by atoms with Crippen molar-refractivity contribution in [3.63, 3.8) is 0 Å². The first kappa shape index (κ1) is 22.5. The zero-order valence-electron chi connectivity index (χ0n) is 18.3. The van der Waals surface area contributed by atoms with E-state index in [-0.39, 0.29) is 17.5 Å². The number of hydrogen-bond acceptors (Lipinski definition) is 4. The topological polar surface area (TPSA) is 52.7 Å². The quantitative estimate of drug-likeness (QED) is 0.588. The Hall–Kier alpha value is -2.74. The van der Waals surface area contributed by atoms with Crippen LogP contribution in [0.25, 0.3) is 0 Å². The maximum absolute atomic E-state index is 13.2. The van der Waals surface area contributed by atoms with Crippen LogP contribution < -0.4 is 9.62 Å². The molecule has 1 aliphatic rings. The Labute approximate surface area is 189 Å². The summed E-state index contributed by atoms with van der Waals surface area (Å²) in [5, 5.41) is 0. The number of nitrogens with one attached hydrogen (secondary N) is 1. The van der Waals surface area contributed by atoms with Crippen LogP contribution >= 0.6 is 0 Å². The van der Waals surface area contributed by atoms with Crippen LogP contribution in [0, 0.1) is 5.82 Å². The highest BCUT2D eigenvalue weighted by atomic mass is 32.2. The summed E-state index contributed by atoms with van der Waals surface area (Å²) in [6, 6.07) is 21.4. The molecule has 0 aromatic heterocycles. The van der Waals surface area contributed by atoms with Crippen molar-refractivity contribution in [1.29, 1.82) is 0 Å². The number of benzene rings is 3. The van der Waals surface area contributed by atoms with Crippen molar-refractivity contribution >= 4 is 15.7 Å². The van der Waals surface area contributed by atoms with Gasteiger partial charge in [-0.2, -0.15) is 0 Å². The fourth-order valence-corrected chi connectivity index (χ4v) is 5.16. The predicted octanol–water partition coefficient (Wildman–Crippen LogP) is 3.97. The first-order valence-corrected chi connectivity index (χ1v) is 12.2. The van der Waals surface area contributed by atoms with E-state index >= 15 is 0 Å². The molecule has 0 bridgehead atoms. The molecule has 0 aliphatic carbocycles. The lowest BCUT2D eigenvalue weighted by molar-refractivity contribution is 0.180. The molecule has 0 fully saturated rings. The van der Waals surface area contributed by atoms with Gasteiger partial charge in [-0.3, -0.25) is 4.90 Å². The lowest BCUT2D eigenvalue weighted by Gasteiger charge is -2.36. The second kappa shape index (κ2) is 9.40. The molecule has 0 saturated carbocycles. The Bertz CT molecular complexity index is 1160. The number of rotatable bonds is 7. The first-order chi connectivity index (χ1) is 15.3. The lowest BCUT2D eigenvalue weighted by atomic mass is 9.96. The molecular formula is C25H28FN3O2S. The van der Waals surface area contributed by atoms with Crippen LogP contribution in [-0.4, -0.2) is 40.5 Å². The summed E-state index contributed by atoms with van der Waals surface area (Å²) >= 11 is 0. The van der Waals surface area contributed by atoms with Gasteiger partial charge in [0.1, 0.15) is 5.82 Å². The van der Waals surface area contributed by atoms with Gasteiger partial charge in [-0.1, -0.05) is 36.4 Å². The zero-order chi connectivity index (χ0) is 22.7. The molecule has 7 heteroatoms. The van der Waals surface area contributed by atoms with Crippen molar-refractivity contribution in [3.05, 3.63) is 95.3 Å². The fourth-order valence-electron chi connectivity index (χ4n) is 4.12. The number of anilines is 1. The van der Waals surface area contributed by atoms with Crippen LogP contribution in [0.1, 0.15) is 22.7 Å². The molecule has 4 rings (SSSR count). The Balaban J connectivity index is 1.59. The van der Waals surface area contributed by atoms with Crippen LogP contribution in [0.5, 0.6) is 0 Å². The molecule has 168 valence electrons. The summed E-state index contributed by atoms with van der Waals surface area (Å²) in [7, 11) is 0.229. The van der Waals surface area contributed by atoms with Gasteiger partial charge in [-0.25, -0.2) is 17.5 Å². The van der Waals surface area contributed by atoms with Crippen molar-refractivity contribution in [3.8, 4) is 0 Å². The molecule has 0 amide bonds. The molecular weight excluding hydrogens is 425 g/mol. The number of halogens is 1. The Morgan fingerprint density at radius 3 is 2.28 bits per heavy atom. The highest BCUT2D eigenvalue weighted by Crippen LogP contribution is 2.29. The first-order valence-electron chi connectivity index (χ1n) is 10.7. The summed E-state index contributed by atoms with van der Waals surface area (Å²) < 4.78 is 41.7. The third kappa shape index (κ3) is 5.01. The normalized spacial score (nSPS) is 15.2. The van der Waals surface area contributed by atoms with Crippen LogP contribution in [0.15, 0.2) is 77.7 Å². The van der Waals surface area contributed by atoms with Crippen LogP contribution in [-0.2, 0) is 23.0 Å². The van der Waals surface area contributed by atoms with Crippen molar-refractivity contribution in [2.75, 3.05) is 32.1 Å². The van der Waals surface area contributed by atoms with Gasteiger partial charge < -0.3 is 4.90 Å². The molecule has 0 spiro atoms. The van der Waals surface area contributed by atoms with E-state index in [1.165, 1.54) is 23.3 Å². The highest BCUT2D eigenvalue weighted by molar-refractivity contribution is 7.89. The average molecular weight is 454 g/mol. The summed E-state index contributed by atoms with van der Waals surface area (Å²) in [5.74, 6) is -0.463. The Morgan fingerprint density at radius 2 is 1.62 bits per heavy atom. The smallest absolute Gasteiger partial charge is 0.240 e. The molecule has 32 heavy (non-hydrogen) atoms. The fraction of sp³-hybridized carbons (Fsp3) is 0.280. The molecule has 0 saturated heterocycles. The van der Waals surface area contributed by atoms with E-state index in [1.807, 2.05) is 25.1 Å². The Kier molecular flexibility index (Phi) is 6.60. The van der Waals surface area contributed by atoms with Gasteiger partial charge in [0.25, 0.3) is 0 Å². The number of sulfonamides is 1. The Morgan fingerprint density at radius 1 is 0.969 bits per heavy atom. The zero-order valence-corrected chi connectivity index (χ0v) is 19.1. The van der Waals surface area contributed by atoms with Crippen molar-refractivity contribution in [1.82, 2.24) is 9.62 Å². The summed E-state index contributed by atoms with van der Waals surface area (Å²) in [4.78, 5) is 4.41.